The lowest BCUT2D eigenvalue weighted by molar-refractivity contribution is -0.117. The molecule has 1 aliphatic carbocycles. The van der Waals surface area contributed by atoms with E-state index in [4.69, 9.17) is 10.5 Å². The molecule has 3 aromatic rings. The molecule has 1 amide bonds. The Balaban J connectivity index is 1.65. The monoisotopic (exact) mass is 465 g/mol. The van der Waals surface area contributed by atoms with Gasteiger partial charge in [-0.25, -0.2) is 4.79 Å². The molecule has 0 spiro atoms. The zero-order valence-electron chi connectivity index (χ0n) is 19.8. The van der Waals surface area contributed by atoms with E-state index >= 15 is 0 Å². The summed E-state index contributed by atoms with van der Waals surface area (Å²) in [7, 11) is 1.51. The number of rotatable bonds is 9. The molecular formula is C25H31N5O4. The third kappa shape index (κ3) is 4.43. The molecule has 9 heteroatoms. The molecule has 4 N–H and O–H groups in total. The fraction of sp³-hybridized carbons (Fsp3) is 0.400. The van der Waals surface area contributed by atoms with Crippen LogP contribution in [0, 0.1) is 5.92 Å². The number of aromatic amines is 1. The van der Waals surface area contributed by atoms with Gasteiger partial charge in [0.05, 0.1) is 13.2 Å². The zero-order valence-corrected chi connectivity index (χ0v) is 19.8. The van der Waals surface area contributed by atoms with Crippen molar-refractivity contribution in [1.29, 1.82) is 0 Å². The number of anilines is 3. The van der Waals surface area contributed by atoms with Crippen molar-refractivity contribution < 1.29 is 9.53 Å². The van der Waals surface area contributed by atoms with Crippen LogP contribution < -0.4 is 27.2 Å². The summed E-state index contributed by atoms with van der Waals surface area (Å²) in [5.41, 5.74) is 8.41. The van der Waals surface area contributed by atoms with Crippen molar-refractivity contribution >= 4 is 33.9 Å². The fourth-order valence-corrected chi connectivity index (χ4v) is 4.60. The summed E-state index contributed by atoms with van der Waals surface area (Å²) in [6, 6.07) is 10.3. The van der Waals surface area contributed by atoms with E-state index in [1.165, 1.54) is 33.1 Å². The highest BCUT2D eigenvalue weighted by atomic mass is 16.5. The lowest BCUT2D eigenvalue weighted by Crippen LogP contribution is -2.44. The standard InChI is InChI=1S/C25H31N5O4/c1-15(2)14-30-23(26)22(24(32)28-25(30)33)29(11-12-34-3)20(31)13-27-19-10-9-17-8-7-16-5-4-6-18(19)21(16)17/h4-6,9-10,15,27H,7-8,11-14,26H2,1-3H3,(H,28,32,33). The summed E-state index contributed by atoms with van der Waals surface area (Å²) in [6.45, 7) is 4.46. The molecule has 0 saturated heterocycles. The van der Waals surface area contributed by atoms with Gasteiger partial charge in [0.15, 0.2) is 5.69 Å². The number of carbonyl (C=O) groups is 1. The molecule has 0 bridgehead atoms. The van der Waals surface area contributed by atoms with Crippen molar-refractivity contribution in [2.75, 3.05) is 42.8 Å². The van der Waals surface area contributed by atoms with Crippen molar-refractivity contribution in [1.82, 2.24) is 9.55 Å². The number of H-pyrrole nitrogens is 1. The number of nitrogens with zero attached hydrogens (tertiary/aromatic N) is 2. The average Bonchev–Trinajstić information content (AvgIpc) is 3.22. The molecule has 0 atom stereocenters. The number of ether oxygens (including phenoxy) is 1. The summed E-state index contributed by atoms with van der Waals surface area (Å²) in [6.07, 6.45) is 2.04. The Kier molecular flexibility index (Phi) is 6.74. The first-order valence-corrected chi connectivity index (χ1v) is 11.5. The van der Waals surface area contributed by atoms with E-state index < -0.39 is 11.2 Å². The summed E-state index contributed by atoms with van der Waals surface area (Å²) >= 11 is 0. The maximum Gasteiger partial charge on any atom is 0.330 e. The maximum absolute atomic E-state index is 13.3. The van der Waals surface area contributed by atoms with Crippen molar-refractivity contribution in [3.63, 3.8) is 0 Å². The van der Waals surface area contributed by atoms with Gasteiger partial charge in [-0.15, -0.1) is 0 Å². The number of methoxy groups -OCH3 is 1. The van der Waals surface area contributed by atoms with E-state index in [2.05, 4.69) is 22.4 Å². The minimum Gasteiger partial charge on any atom is -0.383 e. The molecule has 34 heavy (non-hydrogen) atoms. The second-order valence-corrected chi connectivity index (χ2v) is 9.00. The normalized spacial score (nSPS) is 12.5. The van der Waals surface area contributed by atoms with E-state index in [0.29, 0.717) is 6.54 Å². The van der Waals surface area contributed by atoms with Gasteiger partial charge in [-0.05, 0) is 41.3 Å². The van der Waals surface area contributed by atoms with Gasteiger partial charge in [0.2, 0.25) is 5.91 Å². The van der Waals surface area contributed by atoms with Crippen LogP contribution in [0.3, 0.4) is 0 Å². The van der Waals surface area contributed by atoms with Gasteiger partial charge < -0.3 is 20.7 Å². The van der Waals surface area contributed by atoms with Crippen LogP contribution in [-0.2, 0) is 28.9 Å². The third-order valence-corrected chi connectivity index (χ3v) is 6.16. The number of hydrogen-bond donors (Lipinski definition) is 3. The lowest BCUT2D eigenvalue weighted by atomic mass is 10.0. The number of benzene rings is 2. The fourth-order valence-electron chi connectivity index (χ4n) is 4.60. The molecule has 180 valence electrons. The first kappa shape index (κ1) is 23.6. The number of hydrogen-bond acceptors (Lipinski definition) is 6. The third-order valence-electron chi connectivity index (χ3n) is 6.16. The number of nitrogen functional groups attached to an aromatic ring is 1. The van der Waals surface area contributed by atoms with Crippen molar-refractivity contribution in [3.8, 4) is 0 Å². The molecule has 2 aromatic carbocycles. The predicted molar refractivity (Wildman–Crippen MR) is 135 cm³/mol. The highest BCUT2D eigenvalue weighted by Crippen LogP contribution is 2.35. The number of carbonyl (C=O) groups excluding carboxylic acids is 1. The van der Waals surface area contributed by atoms with Crippen molar-refractivity contribution in [2.24, 2.45) is 5.92 Å². The molecule has 0 fully saturated rings. The Hall–Kier alpha value is -3.59. The molecular weight excluding hydrogens is 434 g/mol. The van der Waals surface area contributed by atoms with Gasteiger partial charge in [-0.1, -0.05) is 38.1 Å². The summed E-state index contributed by atoms with van der Waals surface area (Å²) in [5.74, 6) is -0.267. The summed E-state index contributed by atoms with van der Waals surface area (Å²) in [5, 5.41) is 5.56. The number of amides is 1. The summed E-state index contributed by atoms with van der Waals surface area (Å²) < 4.78 is 6.46. The molecule has 1 aromatic heterocycles. The molecule has 1 aliphatic rings. The molecule has 4 rings (SSSR count). The molecule has 0 saturated carbocycles. The first-order chi connectivity index (χ1) is 16.3. The highest BCUT2D eigenvalue weighted by molar-refractivity contribution is 6.02. The molecule has 9 nitrogen and oxygen atoms in total. The molecule has 0 unspecified atom stereocenters. The number of aryl methyl sites for hydroxylation is 2. The van der Waals surface area contributed by atoms with Gasteiger partial charge in [-0.2, -0.15) is 0 Å². The Morgan fingerprint density at radius 1 is 1.21 bits per heavy atom. The van der Waals surface area contributed by atoms with Crippen LogP contribution >= 0.6 is 0 Å². The SMILES string of the molecule is COCCN(C(=O)CNc1ccc2c3c(cccc13)CC2)c1c(N)n(CC(C)C)c(=O)[nH]c1=O. The lowest BCUT2D eigenvalue weighted by Gasteiger charge is -2.25. The van der Waals surface area contributed by atoms with E-state index in [9.17, 15) is 14.4 Å². The average molecular weight is 466 g/mol. The Bertz CT molecular complexity index is 1330. The Morgan fingerprint density at radius 3 is 2.65 bits per heavy atom. The van der Waals surface area contributed by atoms with E-state index in [0.717, 1.165) is 23.9 Å². The van der Waals surface area contributed by atoms with Gasteiger partial charge in [0.25, 0.3) is 5.56 Å². The molecule has 1 heterocycles. The van der Waals surface area contributed by atoms with Crippen LogP contribution in [0.5, 0.6) is 0 Å². The van der Waals surface area contributed by atoms with Crippen LogP contribution in [0.15, 0.2) is 39.9 Å². The van der Waals surface area contributed by atoms with Crippen LogP contribution in [0.1, 0.15) is 25.0 Å². The Labute approximate surface area is 197 Å². The van der Waals surface area contributed by atoms with Crippen LogP contribution in [-0.4, -0.2) is 42.3 Å². The van der Waals surface area contributed by atoms with E-state index in [1.54, 1.807) is 0 Å². The second-order valence-electron chi connectivity index (χ2n) is 9.00. The maximum atomic E-state index is 13.3. The predicted octanol–water partition coefficient (Wildman–Crippen LogP) is 2.12. The van der Waals surface area contributed by atoms with E-state index in [-0.39, 0.29) is 43.0 Å². The van der Waals surface area contributed by atoms with Gasteiger partial charge in [0.1, 0.15) is 5.82 Å². The topological polar surface area (TPSA) is 122 Å². The minimum atomic E-state index is -0.697. The first-order valence-electron chi connectivity index (χ1n) is 11.5. The van der Waals surface area contributed by atoms with Crippen LogP contribution in [0.25, 0.3) is 10.8 Å². The molecule has 0 aliphatic heterocycles. The smallest absolute Gasteiger partial charge is 0.330 e. The van der Waals surface area contributed by atoms with Gasteiger partial charge in [-0.3, -0.25) is 19.1 Å². The van der Waals surface area contributed by atoms with Crippen molar-refractivity contribution in [2.45, 2.75) is 33.2 Å². The molecule has 0 radical (unpaired) electrons. The van der Waals surface area contributed by atoms with Gasteiger partial charge >= 0.3 is 5.69 Å². The number of nitrogens with two attached hydrogens (primary N) is 1. The largest absolute Gasteiger partial charge is 0.383 e. The van der Waals surface area contributed by atoms with Gasteiger partial charge in [0, 0.05) is 31.3 Å². The summed E-state index contributed by atoms with van der Waals surface area (Å²) in [4.78, 5) is 42.0. The highest BCUT2D eigenvalue weighted by Gasteiger charge is 2.25. The number of nitrogens with one attached hydrogen (secondary N) is 2. The van der Waals surface area contributed by atoms with Crippen molar-refractivity contribution in [3.05, 3.63) is 62.3 Å². The van der Waals surface area contributed by atoms with E-state index in [1.807, 2.05) is 32.0 Å². The quantitative estimate of drug-likeness (QED) is 0.445. The van der Waals surface area contributed by atoms with Crippen LogP contribution in [0.2, 0.25) is 0 Å². The zero-order chi connectivity index (χ0) is 24.4. The number of aromatic nitrogens is 2. The van der Waals surface area contributed by atoms with Crippen LogP contribution in [0.4, 0.5) is 17.2 Å². The minimum absolute atomic E-state index is 0.0303. The Morgan fingerprint density at radius 2 is 1.94 bits per heavy atom. The second kappa shape index (κ2) is 9.72.